The molecule has 3 heteroatoms. The van der Waals surface area contributed by atoms with E-state index in [4.69, 9.17) is 0 Å². The monoisotopic (exact) mass is 183 g/mol. The molecule has 13 heavy (non-hydrogen) atoms. The molecule has 0 amide bonds. The fraction of sp³-hybridized carbons (Fsp3) is 0.600. The standard InChI is InChI=1S/C10H17NO2/c1-5-9(4)6-7-10(8(2)3)11(12)13/h5,9-10H,1-2,6-7H2,3-4H3/t9-,10?/m1/s1. The van der Waals surface area contributed by atoms with Crippen molar-refractivity contribution in [2.45, 2.75) is 32.7 Å². The Hall–Kier alpha value is -1.12. The Balaban J connectivity index is 4.05. The third-order valence-corrected chi connectivity index (χ3v) is 2.12. The quantitative estimate of drug-likeness (QED) is 0.361. The average Bonchev–Trinajstić information content (AvgIpc) is 2.03. The Morgan fingerprint density at radius 3 is 2.46 bits per heavy atom. The number of hydrogen-bond donors (Lipinski definition) is 0. The van der Waals surface area contributed by atoms with E-state index >= 15 is 0 Å². The van der Waals surface area contributed by atoms with Crippen molar-refractivity contribution in [3.8, 4) is 0 Å². The summed E-state index contributed by atoms with van der Waals surface area (Å²) < 4.78 is 0. The Kier molecular flexibility index (Phi) is 5.04. The number of nitrogens with zero attached hydrogens (tertiary/aromatic N) is 1. The molecule has 0 aliphatic rings. The summed E-state index contributed by atoms with van der Waals surface area (Å²) >= 11 is 0. The minimum absolute atomic E-state index is 0.266. The van der Waals surface area contributed by atoms with E-state index in [-0.39, 0.29) is 4.92 Å². The SMILES string of the molecule is C=C[C@@H](C)CCC(C(=C)C)[N+](=O)[O-]. The molecular weight excluding hydrogens is 166 g/mol. The molecule has 0 aromatic carbocycles. The van der Waals surface area contributed by atoms with Crippen LogP contribution in [-0.4, -0.2) is 11.0 Å². The minimum atomic E-state index is -0.595. The van der Waals surface area contributed by atoms with E-state index in [9.17, 15) is 10.1 Å². The van der Waals surface area contributed by atoms with Crippen LogP contribution in [0.1, 0.15) is 26.7 Å². The van der Waals surface area contributed by atoms with Crippen molar-refractivity contribution in [3.05, 3.63) is 34.9 Å². The zero-order chi connectivity index (χ0) is 10.4. The summed E-state index contributed by atoms with van der Waals surface area (Å²) in [5.41, 5.74) is 0.626. The summed E-state index contributed by atoms with van der Waals surface area (Å²) in [5.74, 6) is 0.335. The zero-order valence-corrected chi connectivity index (χ0v) is 8.32. The lowest BCUT2D eigenvalue weighted by atomic mass is 9.99. The van der Waals surface area contributed by atoms with Gasteiger partial charge in [-0.1, -0.05) is 19.6 Å². The fourth-order valence-electron chi connectivity index (χ4n) is 1.07. The lowest BCUT2D eigenvalue weighted by Gasteiger charge is -2.10. The molecule has 0 N–H and O–H groups in total. The number of rotatable bonds is 6. The van der Waals surface area contributed by atoms with Crippen molar-refractivity contribution in [1.82, 2.24) is 0 Å². The number of hydrogen-bond acceptors (Lipinski definition) is 2. The normalized spacial score (nSPS) is 14.6. The summed E-state index contributed by atoms with van der Waals surface area (Å²) in [6.07, 6.45) is 3.16. The van der Waals surface area contributed by atoms with E-state index < -0.39 is 6.04 Å². The lowest BCUT2D eigenvalue weighted by Crippen LogP contribution is -2.20. The largest absolute Gasteiger partial charge is 0.264 e. The highest BCUT2D eigenvalue weighted by atomic mass is 16.6. The molecule has 0 aromatic rings. The highest BCUT2D eigenvalue weighted by Crippen LogP contribution is 2.14. The second-order valence-corrected chi connectivity index (χ2v) is 3.44. The van der Waals surface area contributed by atoms with Gasteiger partial charge in [0.1, 0.15) is 0 Å². The van der Waals surface area contributed by atoms with Crippen molar-refractivity contribution in [2.75, 3.05) is 0 Å². The summed E-state index contributed by atoms with van der Waals surface area (Å²) in [5, 5.41) is 10.6. The van der Waals surface area contributed by atoms with E-state index in [0.29, 0.717) is 17.9 Å². The number of allylic oxidation sites excluding steroid dienone is 1. The van der Waals surface area contributed by atoms with E-state index in [1.54, 1.807) is 6.92 Å². The predicted octanol–water partition coefficient (Wildman–Crippen LogP) is 2.81. The van der Waals surface area contributed by atoms with E-state index in [0.717, 1.165) is 6.42 Å². The second kappa shape index (κ2) is 5.51. The first-order valence-electron chi connectivity index (χ1n) is 4.40. The van der Waals surface area contributed by atoms with Crippen molar-refractivity contribution in [3.63, 3.8) is 0 Å². The zero-order valence-electron chi connectivity index (χ0n) is 8.32. The lowest BCUT2D eigenvalue weighted by molar-refractivity contribution is -0.513. The number of nitro groups is 1. The molecule has 0 aromatic heterocycles. The highest BCUT2D eigenvalue weighted by molar-refractivity contribution is 4.97. The molecule has 0 saturated heterocycles. The van der Waals surface area contributed by atoms with Crippen LogP contribution in [0.2, 0.25) is 0 Å². The molecule has 0 radical (unpaired) electrons. The summed E-state index contributed by atoms with van der Waals surface area (Å²) in [4.78, 5) is 10.3. The molecule has 2 atom stereocenters. The Labute approximate surface area is 79.3 Å². The Morgan fingerprint density at radius 1 is 1.62 bits per heavy atom. The third kappa shape index (κ3) is 4.45. The van der Waals surface area contributed by atoms with Crippen LogP contribution in [0.3, 0.4) is 0 Å². The van der Waals surface area contributed by atoms with Gasteiger partial charge in [0.2, 0.25) is 6.04 Å². The van der Waals surface area contributed by atoms with Gasteiger partial charge < -0.3 is 0 Å². The van der Waals surface area contributed by atoms with Crippen molar-refractivity contribution < 1.29 is 4.92 Å². The van der Waals surface area contributed by atoms with E-state index in [1.807, 2.05) is 13.0 Å². The van der Waals surface area contributed by atoms with Gasteiger partial charge in [0.05, 0.1) is 0 Å². The summed E-state index contributed by atoms with van der Waals surface area (Å²) in [6, 6.07) is -0.595. The fourth-order valence-corrected chi connectivity index (χ4v) is 1.07. The molecule has 3 nitrogen and oxygen atoms in total. The molecular formula is C10H17NO2. The first kappa shape index (κ1) is 11.9. The maximum Gasteiger partial charge on any atom is 0.233 e. The maximum absolute atomic E-state index is 10.6. The van der Waals surface area contributed by atoms with Crippen LogP contribution in [0, 0.1) is 16.0 Å². The molecule has 0 heterocycles. The van der Waals surface area contributed by atoms with E-state index in [1.165, 1.54) is 0 Å². The summed E-state index contributed by atoms with van der Waals surface area (Å²) in [7, 11) is 0. The molecule has 74 valence electrons. The summed E-state index contributed by atoms with van der Waals surface area (Å²) in [6.45, 7) is 11.0. The minimum Gasteiger partial charge on any atom is -0.264 e. The van der Waals surface area contributed by atoms with Crippen molar-refractivity contribution in [1.29, 1.82) is 0 Å². The van der Waals surface area contributed by atoms with Gasteiger partial charge in [-0.3, -0.25) is 10.1 Å². The van der Waals surface area contributed by atoms with Gasteiger partial charge in [-0.25, -0.2) is 0 Å². The third-order valence-electron chi connectivity index (χ3n) is 2.12. The Morgan fingerprint density at radius 2 is 2.15 bits per heavy atom. The van der Waals surface area contributed by atoms with Crippen LogP contribution in [0.15, 0.2) is 24.8 Å². The van der Waals surface area contributed by atoms with Crippen molar-refractivity contribution >= 4 is 0 Å². The molecule has 0 saturated carbocycles. The molecule has 0 aliphatic heterocycles. The molecule has 0 rings (SSSR count). The van der Waals surface area contributed by atoms with Gasteiger partial charge in [0, 0.05) is 11.3 Å². The molecule has 0 bridgehead atoms. The first-order chi connectivity index (χ1) is 5.99. The van der Waals surface area contributed by atoms with Crippen LogP contribution in [0.4, 0.5) is 0 Å². The molecule has 0 aliphatic carbocycles. The van der Waals surface area contributed by atoms with Crippen molar-refractivity contribution in [2.24, 2.45) is 5.92 Å². The molecule has 1 unspecified atom stereocenters. The van der Waals surface area contributed by atoms with Crippen LogP contribution in [0.25, 0.3) is 0 Å². The van der Waals surface area contributed by atoms with Crippen LogP contribution in [-0.2, 0) is 0 Å². The van der Waals surface area contributed by atoms with Gasteiger partial charge in [-0.05, 0) is 24.8 Å². The maximum atomic E-state index is 10.6. The van der Waals surface area contributed by atoms with Crippen LogP contribution < -0.4 is 0 Å². The highest BCUT2D eigenvalue weighted by Gasteiger charge is 2.20. The predicted molar refractivity (Wildman–Crippen MR) is 54.2 cm³/mol. The van der Waals surface area contributed by atoms with Gasteiger partial charge in [-0.15, -0.1) is 6.58 Å². The topological polar surface area (TPSA) is 43.1 Å². The smallest absolute Gasteiger partial charge is 0.233 e. The van der Waals surface area contributed by atoms with Gasteiger partial charge >= 0.3 is 0 Å². The molecule has 0 spiro atoms. The van der Waals surface area contributed by atoms with Gasteiger partial charge in [0.15, 0.2) is 0 Å². The molecule has 0 fully saturated rings. The van der Waals surface area contributed by atoms with Crippen LogP contribution in [0.5, 0.6) is 0 Å². The Bertz CT molecular complexity index is 197. The average molecular weight is 183 g/mol. The second-order valence-electron chi connectivity index (χ2n) is 3.44. The first-order valence-corrected chi connectivity index (χ1v) is 4.40. The van der Waals surface area contributed by atoms with Gasteiger partial charge in [-0.2, -0.15) is 0 Å². The van der Waals surface area contributed by atoms with Gasteiger partial charge in [0.25, 0.3) is 0 Å². The van der Waals surface area contributed by atoms with Crippen LogP contribution >= 0.6 is 0 Å². The van der Waals surface area contributed by atoms with E-state index in [2.05, 4.69) is 13.2 Å².